The van der Waals surface area contributed by atoms with Crippen LogP contribution >= 0.6 is 0 Å². The van der Waals surface area contributed by atoms with Gasteiger partial charge in [-0.05, 0) is 27.2 Å². The lowest BCUT2D eigenvalue weighted by Crippen LogP contribution is -2.56. The van der Waals surface area contributed by atoms with E-state index in [1.807, 2.05) is 0 Å². The highest BCUT2D eigenvalue weighted by atomic mass is 19.4. The second-order valence-corrected chi connectivity index (χ2v) is 6.35. The Bertz CT molecular complexity index is 391. The van der Waals surface area contributed by atoms with Gasteiger partial charge in [0.2, 0.25) is 0 Å². The minimum Gasteiger partial charge on any atom is -0.444 e. The molecule has 1 N–H and O–H groups in total. The van der Waals surface area contributed by atoms with Crippen molar-refractivity contribution in [3.8, 4) is 0 Å². The number of piperidine rings is 1. The summed E-state index contributed by atoms with van der Waals surface area (Å²) in [6.07, 6.45) is -5.54. The maximum absolute atomic E-state index is 12.8. The number of aliphatic hydroxyl groups is 1. The van der Waals surface area contributed by atoms with Crippen molar-refractivity contribution in [2.45, 2.75) is 57.0 Å². The molecule has 19 heavy (non-hydrogen) atoms. The summed E-state index contributed by atoms with van der Waals surface area (Å²) in [4.78, 5) is 13.2. The summed E-state index contributed by atoms with van der Waals surface area (Å²) in [5, 5.41) is 9.75. The van der Waals surface area contributed by atoms with Gasteiger partial charge in [0.25, 0.3) is 0 Å². The Morgan fingerprint density at radius 3 is 2.32 bits per heavy atom. The Hall–Kier alpha value is -0.980. The number of fused-ring (bicyclic) bond motifs is 2. The number of ether oxygens (including phenoxy) is 1. The zero-order valence-electron chi connectivity index (χ0n) is 11.1. The first-order valence-corrected chi connectivity index (χ1v) is 6.23. The van der Waals surface area contributed by atoms with E-state index in [9.17, 15) is 23.1 Å². The summed E-state index contributed by atoms with van der Waals surface area (Å²) in [6.45, 7) is 5.00. The second kappa shape index (κ2) is 4.01. The number of amides is 1. The van der Waals surface area contributed by atoms with Crippen LogP contribution in [0.5, 0.6) is 0 Å². The Morgan fingerprint density at radius 2 is 1.95 bits per heavy atom. The van der Waals surface area contributed by atoms with Crippen LogP contribution in [0.1, 0.15) is 33.6 Å². The predicted octanol–water partition coefficient (Wildman–Crippen LogP) is 2.31. The highest BCUT2D eigenvalue weighted by molar-refractivity contribution is 5.69. The summed E-state index contributed by atoms with van der Waals surface area (Å²) in [5.41, 5.74) is -3.34. The third-order valence-corrected chi connectivity index (χ3v) is 3.76. The average molecular weight is 281 g/mol. The van der Waals surface area contributed by atoms with Crippen molar-refractivity contribution >= 4 is 6.09 Å². The molecule has 0 aromatic rings. The number of carbonyl (C=O) groups is 1. The molecule has 2 rings (SSSR count). The topological polar surface area (TPSA) is 49.8 Å². The van der Waals surface area contributed by atoms with Crippen LogP contribution in [0.3, 0.4) is 0 Å². The van der Waals surface area contributed by atoms with E-state index in [1.54, 1.807) is 20.8 Å². The number of rotatable bonds is 0. The fourth-order valence-corrected chi connectivity index (χ4v) is 2.87. The number of alkyl halides is 3. The van der Waals surface area contributed by atoms with Crippen LogP contribution in [0, 0.1) is 5.92 Å². The van der Waals surface area contributed by atoms with Crippen molar-refractivity contribution in [3.63, 3.8) is 0 Å². The Balaban J connectivity index is 2.06. The first-order valence-electron chi connectivity index (χ1n) is 6.23. The molecule has 2 bridgehead atoms. The van der Waals surface area contributed by atoms with Gasteiger partial charge in [-0.25, -0.2) is 4.79 Å². The van der Waals surface area contributed by atoms with Gasteiger partial charge in [-0.3, -0.25) is 0 Å². The Labute approximate surface area is 109 Å². The maximum atomic E-state index is 12.8. The van der Waals surface area contributed by atoms with Crippen LogP contribution in [0.25, 0.3) is 0 Å². The average Bonchev–Trinajstić information content (AvgIpc) is 2.70. The lowest BCUT2D eigenvalue weighted by molar-refractivity contribution is -0.278. The fraction of sp³-hybridized carbons (Fsp3) is 0.917. The monoisotopic (exact) mass is 281 g/mol. The van der Waals surface area contributed by atoms with E-state index in [4.69, 9.17) is 4.74 Å². The minimum atomic E-state index is -4.65. The molecule has 1 amide bonds. The molecule has 1 saturated heterocycles. The van der Waals surface area contributed by atoms with E-state index in [-0.39, 0.29) is 13.0 Å². The van der Waals surface area contributed by atoms with Crippen LogP contribution in [-0.2, 0) is 4.74 Å². The highest BCUT2D eigenvalue weighted by Gasteiger charge is 2.67. The van der Waals surface area contributed by atoms with Crippen molar-refractivity contribution in [2.75, 3.05) is 6.54 Å². The van der Waals surface area contributed by atoms with Gasteiger partial charge in [0.15, 0.2) is 5.60 Å². The lowest BCUT2D eigenvalue weighted by atomic mass is 9.88. The summed E-state index contributed by atoms with van der Waals surface area (Å²) in [6, 6.07) is -0.591. The molecule has 110 valence electrons. The van der Waals surface area contributed by atoms with E-state index in [0.717, 1.165) is 0 Å². The number of nitrogens with zero attached hydrogens (tertiary/aromatic N) is 1. The van der Waals surface area contributed by atoms with Gasteiger partial charge in [0, 0.05) is 24.9 Å². The van der Waals surface area contributed by atoms with E-state index in [2.05, 4.69) is 0 Å². The van der Waals surface area contributed by atoms with Gasteiger partial charge in [-0.2, -0.15) is 13.2 Å². The van der Waals surface area contributed by atoms with Crippen molar-refractivity contribution in [1.82, 2.24) is 4.90 Å². The summed E-state index contributed by atoms with van der Waals surface area (Å²) >= 11 is 0. The number of halogens is 3. The van der Waals surface area contributed by atoms with Crippen LogP contribution in [0.2, 0.25) is 0 Å². The smallest absolute Gasteiger partial charge is 0.417 e. The van der Waals surface area contributed by atoms with Crippen molar-refractivity contribution in [3.05, 3.63) is 0 Å². The number of carbonyl (C=O) groups excluding carboxylic acids is 1. The van der Waals surface area contributed by atoms with E-state index < -0.39 is 41.9 Å². The molecule has 0 radical (unpaired) electrons. The van der Waals surface area contributed by atoms with Crippen molar-refractivity contribution in [2.24, 2.45) is 5.92 Å². The second-order valence-electron chi connectivity index (χ2n) is 6.35. The van der Waals surface area contributed by atoms with Gasteiger partial charge in [0.05, 0.1) is 0 Å². The number of likely N-dealkylation sites (tertiary alicyclic amines) is 1. The van der Waals surface area contributed by atoms with Crippen LogP contribution < -0.4 is 0 Å². The predicted molar refractivity (Wildman–Crippen MR) is 60.5 cm³/mol. The molecule has 2 fully saturated rings. The van der Waals surface area contributed by atoms with Crippen molar-refractivity contribution < 1.29 is 27.8 Å². The van der Waals surface area contributed by atoms with Gasteiger partial charge in [-0.15, -0.1) is 0 Å². The molecule has 3 atom stereocenters. The molecule has 1 aliphatic carbocycles. The van der Waals surface area contributed by atoms with Crippen LogP contribution in [0.15, 0.2) is 0 Å². The van der Waals surface area contributed by atoms with Crippen LogP contribution in [-0.4, -0.2) is 46.1 Å². The molecule has 7 heteroatoms. The van der Waals surface area contributed by atoms with Gasteiger partial charge >= 0.3 is 12.3 Å². The lowest BCUT2D eigenvalue weighted by Gasteiger charge is -2.39. The summed E-state index contributed by atoms with van der Waals surface area (Å²) in [7, 11) is 0. The number of hydrogen-bond acceptors (Lipinski definition) is 3. The molecular weight excluding hydrogens is 263 g/mol. The molecule has 1 heterocycles. The van der Waals surface area contributed by atoms with E-state index >= 15 is 0 Å². The summed E-state index contributed by atoms with van der Waals surface area (Å²) in [5.74, 6) is -0.954. The van der Waals surface area contributed by atoms with Crippen LogP contribution in [0.4, 0.5) is 18.0 Å². The molecule has 0 spiro atoms. The quantitative estimate of drug-likeness (QED) is 0.741. The molecule has 1 aliphatic heterocycles. The number of hydrogen-bond donors (Lipinski definition) is 1. The fourth-order valence-electron chi connectivity index (χ4n) is 2.87. The molecule has 4 nitrogen and oxygen atoms in total. The zero-order valence-corrected chi connectivity index (χ0v) is 11.1. The van der Waals surface area contributed by atoms with E-state index in [0.29, 0.717) is 0 Å². The normalized spacial score (nSPS) is 34.8. The summed E-state index contributed by atoms with van der Waals surface area (Å²) < 4.78 is 43.6. The Morgan fingerprint density at radius 1 is 1.37 bits per heavy atom. The minimum absolute atomic E-state index is 0.102. The third kappa shape index (κ3) is 2.40. The highest BCUT2D eigenvalue weighted by Crippen LogP contribution is 2.52. The van der Waals surface area contributed by atoms with Gasteiger partial charge < -0.3 is 14.7 Å². The first-order chi connectivity index (χ1) is 8.44. The molecule has 2 aliphatic rings. The standard InChI is InChI=1S/C12H18F3NO3/c1-10(2,3)19-9(17)16-6-7-4-8(16)5-11(7,18)12(13,14)15/h7-8,18H,4-6H2,1-3H3/t7-,8+,11+/m0/s1. The molecule has 0 aromatic heterocycles. The SMILES string of the molecule is CC(C)(C)OC(=O)N1C[C@@H]2C[C@@H]1C[C@]2(O)C(F)(F)F. The van der Waals surface area contributed by atoms with Crippen molar-refractivity contribution in [1.29, 1.82) is 0 Å². The van der Waals surface area contributed by atoms with Gasteiger partial charge in [0.1, 0.15) is 5.60 Å². The third-order valence-electron chi connectivity index (χ3n) is 3.76. The largest absolute Gasteiger partial charge is 0.444 e. The maximum Gasteiger partial charge on any atom is 0.417 e. The molecule has 0 aromatic carbocycles. The molecule has 1 saturated carbocycles. The van der Waals surface area contributed by atoms with E-state index in [1.165, 1.54) is 4.90 Å². The molecular formula is C12H18F3NO3. The Kier molecular flexibility index (Phi) is 3.04. The molecule has 0 unspecified atom stereocenters. The van der Waals surface area contributed by atoms with Gasteiger partial charge in [-0.1, -0.05) is 0 Å². The first kappa shape index (κ1) is 14.4. The zero-order chi connectivity index (χ0) is 14.6.